The summed E-state index contributed by atoms with van der Waals surface area (Å²) >= 11 is 1.88. The highest BCUT2D eigenvalue weighted by Crippen LogP contribution is 2.19. The van der Waals surface area contributed by atoms with Gasteiger partial charge >= 0.3 is 0 Å². The lowest BCUT2D eigenvalue weighted by molar-refractivity contribution is -0.672. The van der Waals surface area contributed by atoms with E-state index in [-0.39, 0.29) is 17.0 Å². The number of para-hydroxylation sites is 1. The van der Waals surface area contributed by atoms with E-state index in [4.69, 9.17) is 0 Å². The molecule has 0 atom stereocenters. The zero-order valence-corrected chi connectivity index (χ0v) is 10.9. The summed E-state index contributed by atoms with van der Waals surface area (Å²) in [6.07, 6.45) is 1.20. The molecule has 0 aliphatic carbocycles. The predicted molar refractivity (Wildman–Crippen MR) is 57.0 cm³/mol. The number of halogens is 1. The molecule has 0 N–H and O–H groups in total. The fourth-order valence-corrected chi connectivity index (χ4v) is 2.70. The van der Waals surface area contributed by atoms with Gasteiger partial charge in [-0.15, -0.1) is 0 Å². The second-order valence-electron chi connectivity index (χ2n) is 3.24. The van der Waals surface area contributed by atoms with Crippen molar-refractivity contribution < 1.29 is 21.5 Å². The molecule has 0 bridgehead atoms. The SMILES string of the molecule is CCC[n+]1c(C)sc2ccccc21.[Br-]. The lowest BCUT2D eigenvalue weighted by Crippen LogP contribution is -3.00. The van der Waals surface area contributed by atoms with Crippen LogP contribution in [0.2, 0.25) is 0 Å². The number of aryl methyl sites for hydroxylation is 2. The third kappa shape index (κ3) is 1.98. The van der Waals surface area contributed by atoms with Crippen molar-refractivity contribution in [3.05, 3.63) is 29.3 Å². The molecule has 1 heterocycles. The van der Waals surface area contributed by atoms with Crippen molar-refractivity contribution in [2.75, 3.05) is 0 Å². The van der Waals surface area contributed by atoms with Crippen LogP contribution in [-0.2, 0) is 6.54 Å². The molecule has 14 heavy (non-hydrogen) atoms. The molecule has 1 aromatic carbocycles. The molecule has 2 aromatic rings. The first kappa shape index (κ1) is 11.7. The molecular formula is C11H14BrNS. The van der Waals surface area contributed by atoms with Crippen LogP contribution in [0.5, 0.6) is 0 Å². The van der Waals surface area contributed by atoms with Crippen LogP contribution in [0.4, 0.5) is 0 Å². The zero-order valence-electron chi connectivity index (χ0n) is 8.46. The predicted octanol–water partition coefficient (Wildman–Crippen LogP) is -0.0888. The summed E-state index contributed by atoms with van der Waals surface area (Å²) in [6, 6.07) is 8.61. The normalized spacial score (nSPS) is 10.1. The van der Waals surface area contributed by atoms with Crippen LogP contribution in [-0.4, -0.2) is 0 Å². The third-order valence-corrected chi connectivity index (χ3v) is 3.32. The Morgan fingerprint density at radius 2 is 2.00 bits per heavy atom. The average molecular weight is 272 g/mol. The molecule has 0 spiro atoms. The van der Waals surface area contributed by atoms with Crippen molar-refractivity contribution in [2.45, 2.75) is 26.8 Å². The standard InChI is InChI=1S/C11H14NS.BrH/c1-3-8-12-9(2)13-11-7-5-4-6-10(11)12;/h4-7H,3,8H2,1-2H3;1H/q+1;/p-1. The van der Waals surface area contributed by atoms with Gasteiger partial charge < -0.3 is 17.0 Å². The Bertz CT molecular complexity index is 422. The number of thiazole rings is 1. The van der Waals surface area contributed by atoms with Gasteiger partial charge in [-0.1, -0.05) is 30.4 Å². The number of rotatable bonds is 2. The van der Waals surface area contributed by atoms with Crippen LogP contribution in [0.1, 0.15) is 18.4 Å². The fraction of sp³-hybridized carbons (Fsp3) is 0.364. The molecule has 0 fully saturated rings. The molecule has 0 saturated heterocycles. The highest BCUT2D eigenvalue weighted by Gasteiger charge is 2.14. The second kappa shape index (κ2) is 4.89. The van der Waals surface area contributed by atoms with Gasteiger partial charge in [-0.2, -0.15) is 4.57 Å². The Balaban J connectivity index is 0.000000980. The Hall–Kier alpha value is -0.410. The third-order valence-electron chi connectivity index (χ3n) is 2.24. The number of nitrogens with zero attached hydrogens (tertiary/aromatic N) is 1. The van der Waals surface area contributed by atoms with Crippen LogP contribution >= 0.6 is 11.3 Å². The lowest BCUT2D eigenvalue weighted by Gasteiger charge is -1.91. The van der Waals surface area contributed by atoms with Crippen LogP contribution in [0.25, 0.3) is 10.2 Å². The zero-order chi connectivity index (χ0) is 9.26. The van der Waals surface area contributed by atoms with E-state index in [1.807, 2.05) is 11.3 Å². The number of hydrogen-bond donors (Lipinski definition) is 0. The van der Waals surface area contributed by atoms with E-state index in [1.165, 1.54) is 21.6 Å². The van der Waals surface area contributed by atoms with E-state index < -0.39 is 0 Å². The van der Waals surface area contributed by atoms with Gasteiger partial charge in [0.2, 0.25) is 10.5 Å². The number of benzene rings is 1. The van der Waals surface area contributed by atoms with Crippen LogP contribution in [0.3, 0.4) is 0 Å². The van der Waals surface area contributed by atoms with Crippen molar-refractivity contribution in [3.63, 3.8) is 0 Å². The molecule has 0 aliphatic heterocycles. The monoisotopic (exact) mass is 271 g/mol. The van der Waals surface area contributed by atoms with Crippen molar-refractivity contribution in [2.24, 2.45) is 0 Å². The average Bonchev–Trinajstić information content (AvgIpc) is 2.44. The molecule has 1 aromatic heterocycles. The Labute approximate surface area is 99.2 Å². The van der Waals surface area contributed by atoms with Gasteiger partial charge in [-0.3, -0.25) is 0 Å². The first-order valence-electron chi connectivity index (χ1n) is 4.71. The van der Waals surface area contributed by atoms with Crippen molar-refractivity contribution >= 4 is 21.6 Å². The van der Waals surface area contributed by atoms with Crippen molar-refractivity contribution in [3.8, 4) is 0 Å². The molecule has 0 aliphatic rings. The summed E-state index contributed by atoms with van der Waals surface area (Å²) in [5.41, 5.74) is 1.38. The summed E-state index contributed by atoms with van der Waals surface area (Å²) in [4.78, 5) is 0. The first-order chi connectivity index (χ1) is 6.33. The van der Waals surface area contributed by atoms with Gasteiger partial charge in [-0.05, 0) is 6.07 Å². The summed E-state index contributed by atoms with van der Waals surface area (Å²) in [7, 11) is 0. The molecule has 76 valence electrons. The maximum absolute atomic E-state index is 2.40. The molecule has 1 nitrogen and oxygen atoms in total. The minimum absolute atomic E-state index is 0. The van der Waals surface area contributed by atoms with E-state index >= 15 is 0 Å². The van der Waals surface area contributed by atoms with Gasteiger partial charge in [0.25, 0.3) is 0 Å². The molecule has 0 amide bonds. The molecular weight excluding hydrogens is 258 g/mol. The first-order valence-corrected chi connectivity index (χ1v) is 5.52. The highest BCUT2D eigenvalue weighted by molar-refractivity contribution is 7.18. The topological polar surface area (TPSA) is 3.88 Å². The lowest BCUT2D eigenvalue weighted by atomic mass is 10.3. The van der Waals surface area contributed by atoms with E-state index in [2.05, 4.69) is 42.7 Å². The molecule has 0 saturated carbocycles. The Kier molecular flexibility index (Phi) is 4.08. The maximum atomic E-state index is 2.40. The van der Waals surface area contributed by atoms with Gasteiger partial charge in [0.15, 0.2) is 0 Å². The largest absolute Gasteiger partial charge is 1.00 e. The van der Waals surface area contributed by atoms with Crippen LogP contribution < -0.4 is 21.5 Å². The van der Waals surface area contributed by atoms with E-state index in [0.29, 0.717) is 0 Å². The van der Waals surface area contributed by atoms with E-state index in [1.54, 1.807) is 0 Å². The van der Waals surface area contributed by atoms with Gasteiger partial charge in [0, 0.05) is 19.4 Å². The van der Waals surface area contributed by atoms with Crippen molar-refractivity contribution in [1.29, 1.82) is 0 Å². The second-order valence-corrected chi connectivity index (χ2v) is 4.48. The summed E-state index contributed by atoms with van der Waals surface area (Å²) in [5.74, 6) is 0. The maximum Gasteiger partial charge on any atom is 0.235 e. The summed E-state index contributed by atoms with van der Waals surface area (Å²) < 4.78 is 3.80. The molecule has 3 heteroatoms. The molecule has 0 radical (unpaired) electrons. The Morgan fingerprint density at radius 3 is 2.71 bits per heavy atom. The highest BCUT2D eigenvalue weighted by atomic mass is 79.9. The molecule has 0 unspecified atom stereocenters. The quantitative estimate of drug-likeness (QED) is 0.673. The van der Waals surface area contributed by atoms with Crippen LogP contribution in [0.15, 0.2) is 24.3 Å². The summed E-state index contributed by atoms with van der Waals surface area (Å²) in [5, 5.41) is 1.41. The van der Waals surface area contributed by atoms with Crippen molar-refractivity contribution in [1.82, 2.24) is 0 Å². The fourth-order valence-electron chi connectivity index (χ4n) is 1.65. The minimum atomic E-state index is 0. The number of fused-ring (bicyclic) bond motifs is 1. The minimum Gasteiger partial charge on any atom is -1.00 e. The van der Waals surface area contributed by atoms with E-state index in [9.17, 15) is 0 Å². The van der Waals surface area contributed by atoms with E-state index in [0.717, 1.165) is 6.54 Å². The number of aromatic nitrogens is 1. The smallest absolute Gasteiger partial charge is 0.235 e. The Morgan fingerprint density at radius 1 is 1.29 bits per heavy atom. The number of hydrogen-bond acceptors (Lipinski definition) is 1. The molecule has 2 rings (SSSR count). The van der Waals surface area contributed by atoms with Gasteiger partial charge in [0.05, 0.1) is 0 Å². The van der Waals surface area contributed by atoms with Gasteiger partial charge in [-0.25, -0.2) is 0 Å². The van der Waals surface area contributed by atoms with Gasteiger partial charge in [0.1, 0.15) is 11.2 Å². The summed E-state index contributed by atoms with van der Waals surface area (Å²) in [6.45, 7) is 5.55. The van der Waals surface area contributed by atoms with Crippen LogP contribution in [0, 0.1) is 6.92 Å².